The maximum atomic E-state index is 11.8. The summed E-state index contributed by atoms with van der Waals surface area (Å²) in [5.74, 6) is 0.650. The van der Waals surface area contributed by atoms with Crippen LogP contribution in [-0.4, -0.2) is 24.7 Å². The van der Waals surface area contributed by atoms with Crippen LogP contribution in [0.15, 0.2) is 23.8 Å². The lowest BCUT2D eigenvalue weighted by Gasteiger charge is -2.23. The average Bonchev–Trinajstić information content (AvgIpc) is 2.46. The van der Waals surface area contributed by atoms with Crippen molar-refractivity contribution in [3.05, 3.63) is 23.8 Å². The zero-order valence-electron chi connectivity index (χ0n) is 16.2. The highest BCUT2D eigenvalue weighted by molar-refractivity contribution is 5.88. The Hall–Kier alpha value is -1.09. The number of methoxy groups -OCH3 is 1. The first-order valence-electron chi connectivity index (χ1n) is 8.90. The second-order valence-corrected chi connectivity index (χ2v) is 7.31. The molecule has 0 rings (SSSR count). The number of allylic oxidation sites excluding steroid dienone is 3. The van der Waals surface area contributed by atoms with Crippen molar-refractivity contribution < 1.29 is 9.53 Å². The summed E-state index contributed by atoms with van der Waals surface area (Å²) < 4.78 is 5.45. The normalized spacial score (nSPS) is 15.7. The van der Waals surface area contributed by atoms with Crippen LogP contribution in [0.2, 0.25) is 0 Å². The first-order valence-corrected chi connectivity index (χ1v) is 8.90. The molecule has 0 aliphatic rings. The molecule has 0 saturated heterocycles. The van der Waals surface area contributed by atoms with Crippen molar-refractivity contribution in [2.24, 2.45) is 5.92 Å². The standard InChI is InChI=1S/C20H37NO2/c1-8-18(4)21-19(22)15-17(3)12-9-11-16(2)13-10-14-20(5,6)23-7/h9,12,15-16,18H,8,10-11,13-14H2,1-7H3,(H,21,22). The van der Waals surface area contributed by atoms with Crippen LogP contribution in [0.3, 0.4) is 0 Å². The number of hydrogen-bond donors (Lipinski definition) is 1. The van der Waals surface area contributed by atoms with E-state index in [1.165, 1.54) is 12.8 Å². The molecule has 0 aromatic carbocycles. The highest BCUT2D eigenvalue weighted by Gasteiger charge is 2.15. The summed E-state index contributed by atoms with van der Waals surface area (Å²) in [6.07, 6.45) is 11.4. The third kappa shape index (κ3) is 12.1. The van der Waals surface area contributed by atoms with Gasteiger partial charge in [-0.2, -0.15) is 0 Å². The molecule has 0 bridgehead atoms. The fourth-order valence-corrected chi connectivity index (χ4v) is 2.22. The summed E-state index contributed by atoms with van der Waals surface area (Å²) in [5.41, 5.74) is 0.983. The van der Waals surface area contributed by atoms with Crippen LogP contribution in [0.4, 0.5) is 0 Å². The third-order valence-corrected chi connectivity index (χ3v) is 4.31. The average molecular weight is 324 g/mol. The molecule has 0 fully saturated rings. The smallest absolute Gasteiger partial charge is 0.244 e. The van der Waals surface area contributed by atoms with Crippen LogP contribution in [-0.2, 0) is 9.53 Å². The van der Waals surface area contributed by atoms with Gasteiger partial charge in [0.25, 0.3) is 0 Å². The van der Waals surface area contributed by atoms with E-state index >= 15 is 0 Å². The molecule has 23 heavy (non-hydrogen) atoms. The van der Waals surface area contributed by atoms with Crippen molar-refractivity contribution >= 4 is 5.91 Å². The van der Waals surface area contributed by atoms with E-state index in [0.29, 0.717) is 5.92 Å². The summed E-state index contributed by atoms with van der Waals surface area (Å²) >= 11 is 0. The van der Waals surface area contributed by atoms with Gasteiger partial charge >= 0.3 is 0 Å². The van der Waals surface area contributed by atoms with Crippen molar-refractivity contribution in [2.75, 3.05) is 7.11 Å². The van der Waals surface area contributed by atoms with Crippen LogP contribution in [0.5, 0.6) is 0 Å². The Balaban J connectivity index is 4.09. The van der Waals surface area contributed by atoms with E-state index < -0.39 is 0 Å². The van der Waals surface area contributed by atoms with Crippen LogP contribution < -0.4 is 5.32 Å². The van der Waals surface area contributed by atoms with Gasteiger partial charge in [-0.05, 0) is 58.4 Å². The molecule has 0 saturated carbocycles. The highest BCUT2D eigenvalue weighted by Crippen LogP contribution is 2.20. The summed E-state index contributed by atoms with van der Waals surface area (Å²) in [5, 5.41) is 2.95. The number of carbonyl (C=O) groups excluding carboxylic acids is 1. The lowest BCUT2D eigenvalue weighted by Crippen LogP contribution is -2.30. The molecular weight excluding hydrogens is 286 g/mol. The largest absolute Gasteiger partial charge is 0.379 e. The zero-order chi connectivity index (χ0) is 17.9. The third-order valence-electron chi connectivity index (χ3n) is 4.31. The Morgan fingerprint density at radius 3 is 2.52 bits per heavy atom. The van der Waals surface area contributed by atoms with Crippen LogP contribution >= 0.6 is 0 Å². The fourth-order valence-electron chi connectivity index (χ4n) is 2.22. The molecule has 1 amide bonds. The zero-order valence-corrected chi connectivity index (χ0v) is 16.2. The Bertz CT molecular complexity index is 396. The minimum atomic E-state index is -0.0160. The molecular formula is C20H37NO2. The van der Waals surface area contributed by atoms with Gasteiger partial charge in [0, 0.05) is 19.2 Å². The second-order valence-electron chi connectivity index (χ2n) is 7.31. The Morgan fingerprint density at radius 1 is 1.30 bits per heavy atom. The van der Waals surface area contributed by atoms with Crippen LogP contribution in [0.1, 0.15) is 73.6 Å². The van der Waals surface area contributed by atoms with Gasteiger partial charge in [0.2, 0.25) is 5.91 Å². The van der Waals surface area contributed by atoms with Gasteiger partial charge in [0.1, 0.15) is 0 Å². The number of amides is 1. The van der Waals surface area contributed by atoms with Gasteiger partial charge in [-0.3, -0.25) is 4.79 Å². The number of hydrogen-bond acceptors (Lipinski definition) is 2. The molecule has 0 aromatic heterocycles. The van der Waals surface area contributed by atoms with Crippen LogP contribution in [0.25, 0.3) is 0 Å². The predicted molar refractivity (Wildman–Crippen MR) is 99.5 cm³/mol. The monoisotopic (exact) mass is 323 g/mol. The van der Waals surface area contributed by atoms with E-state index in [1.807, 2.05) is 19.9 Å². The summed E-state index contributed by atoms with van der Waals surface area (Å²) in [7, 11) is 1.78. The molecule has 3 nitrogen and oxygen atoms in total. The van der Waals surface area contributed by atoms with Crippen molar-refractivity contribution in [3.63, 3.8) is 0 Å². The Labute approximate surface area is 143 Å². The second kappa shape index (κ2) is 11.4. The first-order chi connectivity index (χ1) is 10.7. The van der Waals surface area contributed by atoms with E-state index in [1.54, 1.807) is 13.2 Å². The molecule has 134 valence electrons. The maximum Gasteiger partial charge on any atom is 0.244 e. The van der Waals surface area contributed by atoms with Gasteiger partial charge in [-0.25, -0.2) is 0 Å². The van der Waals surface area contributed by atoms with Crippen molar-refractivity contribution in [1.82, 2.24) is 5.32 Å². The number of nitrogens with one attached hydrogen (secondary N) is 1. The minimum Gasteiger partial charge on any atom is -0.379 e. The molecule has 0 spiro atoms. The fraction of sp³-hybridized carbons (Fsp3) is 0.750. The molecule has 1 N–H and O–H groups in total. The van der Waals surface area contributed by atoms with E-state index in [9.17, 15) is 4.79 Å². The molecule has 3 heteroatoms. The topological polar surface area (TPSA) is 38.3 Å². The Morgan fingerprint density at radius 2 is 1.96 bits per heavy atom. The predicted octanol–water partition coefficient (Wildman–Crippen LogP) is 5.03. The summed E-state index contributed by atoms with van der Waals surface area (Å²) in [6, 6.07) is 0.229. The lowest BCUT2D eigenvalue weighted by molar-refractivity contribution is -0.117. The van der Waals surface area contributed by atoms with Gasteiger partial charge in [0.15, 0.2) is 0 Å². The molecule has 0 aromatic rings. The minimum absolute atomic E-state index is 0.00338. The molecule has 0 heterocycles. The van der Waals surface area contributed by atoms with Gasteiger partial charge in [0.05, 0.1) is 5.60 Å². The molecule has 0 radical (unpaired) electrons. The number of ether oxygens (including phenoxy) is 1. The highest BCUT2D eigenvalue weighted by atomic mass is 16.5. The van der Waals surface area contributed by atoms with Gasteiger partial charge < -0.3 is 10.1 Å². The van der Waals surface area contributed by atoms with Crippen molar-refractivity contribution in [3.8, 4) is 0 Å². The SMILES string of the molecule is CCC(C)NC(=O)C=C(C)C=CCC(C)CCCC(C)(C)OC. The summed E-state index contributed by atoms with van der Waals surface area (Å²) in [6.45, 7) is 12.6. The van der Waals surface area contributed by atoms with E-state index in [2.05, 4.69) is 39.1 Å². The van der Waals surface area contributed by atoms with E-state index in [4.69, 9.17) is 4.74 Å². The van der Waals surface area contributed by atoms with Crippen molar-refractivity contribution in [2.45, 2.75) is 85.3 Å². The van der Waals surface area contributed by atoms with Gasteiger partial charge in [-0.1, -0.05) is 38.8 Å². The molecule has 0 aliphatic carbocycles. The number of carbonyl (C=O) groups is 1. The first kappa shape index (κ1) is 21.9. The summed E-state index contributed by atoms with van der Waals surface area (Å²) in [4.78, 5) is 11.8. The molecule has 2 atom stereocenters. The van der Waals surface area contributed by atoms with Crippen LogP contribution in [0, 0.1) is 5.92 Å². The lowest BCUT2D eigenvalue weighted by atomic mass is 9.95. The quantitative estimate of drug-likeness (QED) is 0.428. The molecule has 0 aliphatic heterocycles. The maximum absolute atomic E-state index is 11.8. The number of rotatable bonds is 11. The van der Waals surface area contributed by atoms with Gasteiger partial charge in [-0.15, -0.1) is 0 Å². The molecule has 2 unspecified atom stereocenters. The van der Waals surface area contributed by atoms with E-state index in [0.717, 1.165) is 24.8 Å². The Kier molecular flexibility index (Phi) is 10.9. The van der Waals surface area contributed by atoms with Crippen molar-refractivity contribution in [1.29, 1.82) is 0 Å². The van der Waals surface area contributed by atoms with E-state index in [-0.39, 0.29) is 17.6 Å².